The molecule has 4 rings (SSSR count). The zero-order valence-corrected chi connectivity index (χ0v) is 16.7. The molecular weight excluding hydrogens is 384 g/mol. The molecule has 5 heteroatoms. The van der Waals surface area contributed by atoms with E-state index in [1.165, 1.54) is 0 Å². The second-order valence-electron chi connectivity index (χ2n) is 7.08. The van der Waals surface area contributed by atoms with E-state index in [1.54, 1.807) is 6.92 Å². The number of hydrogen-bond donors (Lipinski definition) is 0. The molecule has 1 atom stereocenters. The van der Waals surface area contributed by atoms with Gasteiger partial charge in [0, 0.05) is 10.4 Å². The van der Waals surface area contributed by atoms with Crippen molar-refractivity contribution >= 4 is 40.1 Å². The molecule has 29 heavy (non-hydrogen) atoms. The highest BCUT2D eigenvalue weighted by atomic mass is 35.5. The Morgan fingerprint density at radius 1 is 1.21 bits per heavy atom. The fourth-order valence-electron chi connectivity index (χ4n) is 3.71. The molecule has 1 aromatic heterocycles. The van der Waals surface area contributed by atoms with E-state index in [4.69, 9.17) is 26.6 Å². The van der Waals surface area contributed by atoms with Crippen LogP contribution in [0.15, 0.2) is 48.5 Å². The number of esters is 1. The maximum absolute atomic E-state index is 13.0. The summed E-state index contributed by atoms with van der Waals surface area (Å²) >= 11 is 6.00. The number of pyridine rings is 1. The minimum atomic E-state index is -0.808. The number of aromatic nitrogens is 1. The van der Waals surface area contributed by atoms with Crippen LogP contribution in [0.3, 0.4) is 0 Å². The van der Waals surface area contributed by atoms with Gasteiger partial charge in [-0.3, -0.25) is 0 Å². The molecule has 3 aromatic rings. The molecule has 4 nitrogen and oxygen atoms in total. The Bertz CT molecular complexity index is 1160. The molecule has 0 unspecified atom stereocenters. The molecule has 0 fully saturated rings. The Kier molecular flexibility index (Phi) is 5.33. The third kappa shape index (κ3) is 3.87. The lowest BCUT2D eigenvalue weighted by molar-refractivity contribution is 0.0436. The van der Waals surface area contributed by atoms with Crippen LogP contribution in [0.25, 0.3) is 22.6 Å². The van der Waals surface area contributed by atoms with E-state index < -0.39 is 12.1 Å². The smallest absolute Gasteiger partial charge is 0.340 e. The molecule has 0 saturated heterocycles. The van der Waals surface area contributed by atoms with Crippen molar-refractivity contribution in [3.8, 4) is 6.07 Å². The second kappa shape index (κ2) is 8.06. The Labute approximate surface area is 174 Å². The van der Waals surface area contributed by atoms with Crippen molar-refractivity contribution in [1.29, 1.82) is 5.26 Å². The molecule has 0 aliphatic heterocycles. The van der Waals surface area contributed by atoms with Crippen molar-refractivity contribution in [3.63, 3.8) is 0 Å². The topological polar surface area (TPSA) is 63.0 Å². The van der Waals surface area contributed by atoms with Crippen molar-refractivity contribution in [2.24, 2.45) is 0 Å². The summed E-state index contributed by atoms with van der Waals surface area (Å²) in [6.45, 7) is 1.57. The summed E-state index contributed by atoms with van der Waals surface area (Å²) in [6, 6.07) is 17.2. The van der Waals surface area contributed by atoms with Crippen LogP contribution < -0.4 is 0 Å². The highest BCUT2D eigenvalue weighted by Gasteiger charge is 2.26. The van der Waals surface area contributed by atoms with Crippen molar-refractivity contribution < 1.29 is 9.53 Å². The van der Waals surface area contributed by atoms with E-state index in [0.717, 1.165) is 52.6 Å². The van der Waals surface area contributed by atoms with Gasteiger partial charge in [-0.05, 0) is 67.2 Å². The normalized spacial score (nSPS) is 15.6. The third-order valence-corrected chi connectivity index (χ3v) is 5.30. The van der Waals surface area contributed by atoms with Crippen LogP contribution in [-0.2, 0) is 11.2 Å². The SMILES string of the molecule is C[C@@H](C#N)OC(=O)c1c2c(nc3ccccc13)/C(=C/c1ccc(Cl)cc1)CCC2. The summed E-state index contributed by atoms with van der Waals surface area (Å²) in [6.07, 6.45) is 3.84. The van der Waals surface area contributed by atoms with Gasteiger partial charge in [-0.1, -0.05) is 41.9 Å². The first-order chi connectivity index (χ1) is 14.1. The Balaban J connectivity index is 1.89. The van der Waals surface area contributed by atoms with Gasteiger partial charge in [-0.25, -0.2) is 9.78 Å². The van der Waals surface area contributed by atoms with Gasteiger partial charge < -0.3 is 4.74 Å². The molecule has 0 amide bonds. The van der Waals surface area contributed by atoms with Crippen LogP contribution in [0.2, 0.25) is 5.02 Å². The number of rotatable bonds is 3. The van der Waals surface area contributed by atoms with Crippen LogP contribution in [0.4, 0.5) is 0 Å². The van der Waals surface area contributed by atoms with Crippen LogP contribution >= 0.6 is 11.6 Å². The van der Waals surface area contributed by atoms with Gasteiger partial charge in [0.1, 0.15) is 6.07 Å². The molecule has 0 bridgehead atoms. The second-order valence-corrected chi connectivity index (χ2v) is 7.52. The van der Waals surface area contributed by atoms with Gasteiger partial charge in [-0.2, -0.15) is 5.26 Å². The standard InChI is InChI=1S/C24H19ClN2O2/c1-15(14-26)29-24(28)22-19-6-2-3-8-21(19)27-23-17(5-4-7-20(22)23)13-16-9-11-18(25)12-10-16/h2-3,6,8-13,15H,4-5,7H2,1H3/b17-13+/t15-/m0/s1. The first-order valence-electron chi connectivity index (χ1n) is 9.55. The van der Waals surface area contributed by atoms with Gasteiger partial charge in [0.05, 0.1) is 16.8 Å². The monoisotopic (exact) mass is 402 g/mol. The summed E-state index contributed by atoms with van der Waals surface area (Å²) in [5.41, 5.74) is 5.11. The van der Waals surface area contributed by atoms with Crippen LogP contribution in [0, 0.1) is 11.3 Å². The number of allylic oxidation sites excluding steroid dienone is 1. The average molecular weight is 403 g/mol. The molecule has 0 radical (unpaired) electrons. The molecule has 1 aliphatic rings. The van der Waals surface area contributed by atoms with Crippen molar-refractivity contribution in [3.05, 3.63) is 75.9 Å². The fraction of sp³-hybridized carbons (Fsp3) is 0.208. The quantitative estimate of drug-likeness (QED) is 0.516. The Morgan fingerprint density at radius 3 is 2.72 bits per heavy atom. The maximum atomic E-state index is 13.0. The zero-order valence-electron chi connectivity index (χ0n) is 16.0. The van der Waals surface area contributed by atoms with Gasteiger partial charge >= 0.3 is 5.97 Å². The number of hydrogen-bond acceptors (Lipinski definition) is 4. The van der Waals surface area contributed by atoms with E-state index in [2.05, 4.69) is 6.08 Å². The number of halogens is 1. The maximum Gasteiger partial charge on any atom is 0.340 e. The molecule has 1 heterocycles. The van der Waals surface area contributed by atoms with E-state index in [0.29, 0.717) is 10.6 Å². The largest absolute Gasteiger partial charge is 0.444 e. The molecule has 144 valence electrons. The Morgan fingerprint density at radius 2 is 1.97 bits per heavy atom. The lowest BCUT2D eigenvalue weighted by atomic mass is 9.86. The molecule has 1 aliphatic carbocycles. The first kappa shape index (κ1) is 19.2. The molecule has 0 spiro atoms. The lowest BCUT2D eigenvalue weighted by Gasteiger charge is -2.22. The van der Waals surface area contributed by atoms with Crippen molar-refractivity contribution in [2.45, 2.75) is 32.3 Å². The lowest BCUT2D eigenvalue weighted by Crippen LogP contribution is -2.18. The number of nitriles is 1. The minimum absolute atomic E-state index is 0.471. The molecular formula is C24H19ClN2O2. The minimum Gasteiger partial charge on any atom is -0.444 e. The number of ether oxygens (including phenoxy) is 1. The predicted octanol–water partition coefficient (Wildman–Crippen LogP) is 5.83. The van der Waals surface area contributed by atoms with E-state index in [9.17, 15) is 4.79 Å². The number of para-hydroxylation sites is 1. The Hall–Kier alpha value is -3.16. The number of nitrogens with zero attached hydrogens (tertiary/aromatic N) is 2. The predicted molar refractivity (Wildman–Crippen MR) is 114 cm³/mol. The van der Waals surface area contributed by atoms with Gasteiger partial charge in [0.25, 0.3) is 0 Å². The average Bonchev–Trinajstić information content (AvgIpc) is 2.73. The van der Waals surface area contributed by atoms with Crippen molar-refractivity contribution in [1.82, 2.24) is 4.98 Å². The van der Waals surface area contributed by atoms with E-state index in [-0.39, 0.29) is 0 Å². The highest BCUT2D eigenvalue weighted by molar-refractivity contribution is 6.30. The third-order valence-electron chi connectivity index (χ3n) is 5.05. The summed E-state index contributed by atoms with van der Waals surface area (Å²) < 4.78 is 5.36. The van der Waals surface area contributed by atoms with Crippen LogP contribution in [-0.4, -0.2) is 17.1 Å². The first-order valence-corrected chi connectivity index (χ1v) is 9.93. The summed E-state index contributed by atoms with van der Waals surface area (Å²) in [7, 11) is 0. The van der Waals surface area contributed by atoms with Crippen LogP contribution in [0.1, 0.15) is 46.9 Å². The van der Waals surface area contributed by atoms with Gasteiger partial charge in [0.15, 0.2) is 6.10 Å². The number of fused-ring (bicyclic) bond motifs is 2. The molecule has 0 N–H and O–H groups in total. The number of benzene rings is 2. The highest BCUT2D eigenvalue weighted by Crippen LogP contribution is 2.36. The van der Waals surface area contributed by atoms with E-state index in [1.807, 2.05) is 54.6 Å². The van der Waals surface area contributed by atoms with Crippen molar-refractivity contribution in [2.75, 3.05) is 0 Å². The van der Waals surface area contributed by atoms with Gasteiger partial charge in [0.2, 0.25) is 0 Å². The molecule has 0 saturated carbocycles. The summed E-state index contributed by atoms with van der Waals surface area (Å²) in [5.74, 6) is -0.471. The number of carbonyl (C=O) groups is 1. The molecule has 2 aromatic carbocycles. The van der Waals surface area contributed by atoms with Gasteiger partial charge in [-0.15, -0.1) is 0 Å². The summed E-state index contributed by atoms with van der Waals surface area (Å²) in [5, 5.41) is 10.5. The summed E-state index contributed by atoms with van der Waals surface area (Å²) in [4.78, 5) is 17.9. The van der Waals surface area contributed by atoms with E-state index >= 15 is 0 Å². The van der Waals surface area contributed by atoms with Crippen LogP contribution in [0.5, 0.6) is 0 Å². The number of carbonyl (C=O) groups excluding carboxylic acids is 1. The fourth-order valence-corrected chi connectivity index (χ4v) is 3.84. The zero-order chi connectivity index (χ0) is 20.4.